The molecule has 8 nitrogen and oxygen atoms in total. The summed E-state index contributed by atoms with van der Waals surface area (Å²) in [5.41, 5.74) is 2.09. The molecule has 8 heteroatoms. The molecule has 0 radical (unpaired) electrons. The van der Waals surface area contributed by atoms with Gasteiger partial charge in [0.1, 0.15) is 0 Å². The molecule has 0 spiro atoms. The van der Waals surface area contributed by atoms with Crippen LogP contribution in [0, 0.1) is 5.92 Å². The Balaban J connectivity index is 1.34. The molecule has 1 atom stereocenters. The van der Waals surface area contributed by atoms with Gasteiger partial charge in [0.15, 0.2) is 0 Å². The average Bonchev–Trinajstić information content (AvgIpc) is 3.11. The fraction of sp³-hybridized carbons (Fsp3) is 0.474. The van der Waals surface area contributed by atoms with E-state index < -0.39 is 0 Å². The summed E-state index contributed by atoms with van der Waals surface area (Å²) in [6, 6.07) is 10.1. The summed E-state index contributed by atoms with van der Waals surface area (Å²) in [6.07, 6.45) is 0.372. The lowest BCUT2D eigenvalue weighted by Gasteiger charge is -2.35. The zero-order valence-corrected chi connectivity index (χ0v) is 15.1. The van der Waals surface area contributed by atoms with Crippen LogP contribution in [0.3, 0.4) is 0 Å². The smallest absolute Gasteiger partial charge is 0.249 e. The van der Waals surface area contributed by atoms with Gasteiger partial charge in [-0.15, -0.1) is 5.10 Å². The SMILES string of the molecule is O=C1CC2=Nc3nc(N4CCOCC4)nn3CC2CN1Cc1ccccc1. The molecule has 5 rings (SSSR count). The molecule has 2 saturated heterocycles. The van der Waals surface area contributed by atoms with Crippen molar-refractivity contribution in [3.63, 3.8) is 0 Å². The van der Waals surface area contributed by atoms with E-state index in [1.54, 1.807) is 0 Å². The van der Waals surface area contributed by atoms with E-state index in [9.17, 15) is 4.79 Å². The predicted octanol–water partition coefficient (Wildman–Crippen LogP) is 1.25. The van der Waals surface area contributed by atoms with Crippen molar-refractivity contribution in [2.75, 3.05) is 37.7 Å². The number of aromatic nitrogens is 3. The highest BCUT2D eigenvalue weighted by Crippen LogP contribution is 2.29. The second-order valence-electron chi connectivity index (χ2n) is 7.23. The number of morpholine rings is 1. The van der Waals surface area contributed by atoms with E-state index in [1.165, 1.54) is 0 Å². The summed E-state index contributed by atoms with van der Waals surface area (Å²) in [5, 5.41) is 4.66. The molecule has 2 fully saturated rings. The molecule has 1 unspecified atom stereocenters. The van der Waals surface area contributed by atoms with Crippen LogP contribution in [0.5, 0.6) is 0 Å². The zero-order valence-electron chi connectivity index (χ0n) is 15.1. The van der Waals surface area contributed by atoms with E-state index in [-0.39, 0.29) is 11.8 Å². The topological polar surface area (TPSA) is 75.9 Å². The molecule has 4 heterocycles. The molecule has 2 aromatic rings. The summed E-state index contributed by atoms with van der Waals surface area (Å²) in [6.45, 7) is 5.04. The molecule has 1 aromatic heterocycles. The van der Waals surface area contributed by atoms with Crippen LogP contribution >= 0.6 is 0 Å². The number of rotatable bonds is 3. The molecule has 3 aliphatic rings. The Morgan fingerprint density at radius 1 is 1.11 bits per heavy atom. The van der Waals surface area contributed by atoms with Crippen molar-refractivity contribution in [2.24, 2.45) is 10.9 Å². The number of aliphatic imine (C=N–C) groups is 1. The van der Waals surface area contributed by atoms with Crippen molar-refractivity contribution < 1.29 is 9.53 Å². The first-order valence-corrected chi connectivity index (χ1v) is 9.43. The van der Waals surface area contributed by atoms with E-state index in [2.05, 4.69) is 32.1 Å². The number of nitrogens with zero attached hydrogens (tertiary/aromatic N) is 6. The van der Waals surface area contributed by atoms with Crippen LogP contribution in [0.4, 0.5) is 11.9 Å². The van der Waals surface area contributed by atoms with Gasteiger partial charge in [-0.1, -0.05) is 30.3 Å². The van der Waals surface area contributed by atoms with Crippen LogP contribution < -0.4 is 4.90 Å². The van der Waals surface area contributed by atoms with Gasteiger partial charge in [-0.05, 0) is 5.56 Å². The fourth-order valence-corrected chi connectivity index (χ4v) is 3.90. The van der Waals surface area contributed by atoms with Crippen molar-refractivity contribution in [2.45, 2.75) is 19.5 Å². The molecule has 1 aromatic carbocycles. The Labute approximate surface area is 157 Å². The standard InChI is InChI=1S/C19H22N6O2/c26-17-10-16-15(12-24(17)11-14-4-2-1-3-5-14)13-25-18(20-16)21-19(22-25)23-6-8-27-9-7-23/h1-5,15H,6-13H2. The molecule has 0 saturated carbocycles. The van der Waals surface area contributed by atoms with Crippen LogP contribution in [0.1, 0.15) is 12.0 Å². The van der Waals surface area contributed by atoms with Crippen LogP contribution in [0.25, 0.3) is 0 Å². The van der Waals surface area contributed by atoms with E-state index in [1.807, 2.05) is 27.8 Å². The number of hydrogen-bond acceptors (Lipinski definition) is 6. The molecule has 0 N–H and O–H groups in total. The summed E-state index contributed by atoms with van der Waals surface area (Å²) >= 11 is 0. The lowest BCUT2D eigenvalue weighted by molar-refractivity contribution is -0.132. The number of carbonyl (C=O) groups is 1. The Morgan fingerprint density at radius 2 is 1.93 bits per heavy atom. The lowest BCUT2D eigenvalue weighted by Crippen LogP contribution is -2.46. The first kappa shape index (κ1) is 16.4. The van der Waals surface area contributed by atoms with Gasteiger partial charge in [0.2, 0.25) is 17.8 Å². The molecular formula is C19H22N6O2. The fourth-order valence-electron chi connectivity index (χ4n) is 3.90. The number of anilines is 1. The molecule has 3 aliphatic heterocycles. The minimum Gasteiger partial charge on any atom is -0.378 e. The Hall–Kier alpha value is -2.74. The quantitative estimate of drug-likeness (QED) is 0.817. The first-order valence-electron chi connectivity index (χ1n) is 9.43. The highest BCUT2D eigenvalue weighted by atomic mass is 16.5. The van der Waals surface area contributed by atoms with Crippen LogP contribution in [0.15, 0.2) is 35.3 Å². The highest BCUT2D eigenvalue weighted by Gasteiger charge is 2.35. The molecule has 27 heavy (non-hydrogen) atoms. The van der Waals surface area contributed by atoms with Gasteiger partial charge in [0.25, 0.3) is 0 Å². The maximum atomic E-state index is 12.6. The summed E-state index contributed by atoms with van der Waals surface area (Å²) < 4.78 is 7.28. The van der Waals surface area contributed by atoms with E-state index >= 15 is 0 Å². The second kappa shape index (κ2) is 6.77. The van der Waals surface area contributed by atoms with Crippen molar-refractivity contribution in [3.05, 3.63) is 35.9 Å². The molecular weight excluding hydrogens is 344 g/mol. The molecule has 140 valence electrons. The van der Waals surface area contributed by atoms with E-state index in [0.717, 1.165) is 30.9 Å². The first-order chi connectivity index (χ1) is 13.3. The third-order valence-corrected chi connectivity index (χ3v) is 5.39. The van der Waals surface area contributed by atoms with Gasteiger partial charge in [-0.3, -0.25) is 4.79 Å². The number of carbonyl (C=O) groups excluding carboxylic acids is 1. The lowest BCUT2D eigenvalue weighted by atomic mass is 9.93. The minimum absolute atomic E-state index is 0.134. The maximum Gasteiger partial charge on any atom is 0.249 e. The number of fused-ring (bicyclic) bond motifs is 2. The van der Waals surface area contributed by atoms with Crippen molar-refractivity contribution in [1.29, 1.82) is 0 Å². The number of hydrogen-bond donors (Lipinski definition) is 0. The number of piperidine rings is 1. The Morgan fingerprint density at radius 3 is 2.74 bits per heavy atom. The third kappa shape index (κ3) is 3.21. The van der Waals surface area contributed by atoms with E-state index in [0.29, 0.717) is 44.6 Å². The number of ether oxygens (including phenoxy) is 1. The van der Waals surface area contributed by atoms with Crippen molar-refractivity contribution >= 4 is 23.5 Å². The van der Waals surface area contributed by atoms with Gasteiger partial charge in [-0.25, -0.2) is 9.67 Å². The van der Waals surface area contributed by atoms with Crippen molar-refractivity contribution in [3.8, 4) is 0 Å². The number of amides is 1. The van der Waals surface area contributed by atoms with Crippen LogP contribution in [-0.4, -0.2) is 64.1 Å². The monoisotopic (exact) mass is 366 g/mol. The van der Waals surface area contributed by atoms with Crippen LogP contribution in [-0.2, 0) is 22.6 Å². The predicted molar refractivity (Wildman–Crippen MR) is 100 cm³/mol. The van der Waals surface area contributed by atoms with Gasteiger partial charge in [0, 0.05) is 37.8 Å². The second-order valence-corrected chi connectivity index (χ2v) is 7.23. The van der Waals surface area contributed by atoms with Gasteiger partial charge in [-0.2, -0.15) is 4.98 Å². The summed E-state index contributed by atoms with van der Waals surface area (Å²) in [4.78, 5) is 25.9. The number of likely N-dealkylation sites (tertiary alicyclic amines) is 1. The van der Waals surface area contributed by atoms with Crippen LogP contribution in [0.2, 0.25) is 0 Å². The Bertz CT molecular complexity index is 872. The third-order valence-electron chi connectivity index (χ3n) is 5.39. The normalized spacial score (nSPS) is 22.3. The molecule has 1 amide bonds. The van der Waals surface area contributed by atoms with Gasteiger partial charge < -0.3 is 14.5 Å². The van der Waals surface area contributed by atoms with E-state index in [4.69, 9.17) is 4.74 Å². The maximum absolute atomic E-state index is 12.6. The molecule has 0 aliphatic carbocycles. The van der Waals surface area contributed by atoms with Gasteiger partial charge in [0.05, 0.1) is 26.2 Å². The largest absolute Gasteiger partial charge is 0.378 e. The summed E-state index contributed by atoms with van der Waals surface area (Å²) in [7, 11) is 0. The van der Waals surface area contributed by atoms with Gasteiger partial charge >= 0.3 is 0 Å². The zero-order chi connectivity index (χ0) is 18.2. The highest BCUT2D eigenvalue weighted by molar-refractivity contribution is 6.05. The van der Waals surface area contributed by atoms with Crippen molar-refractivity contribution in [1.82, 2.24) is 19.7 Å². The molecule has 0 bridgehead atoms. The minimum atomic E-state index is 0.134. The average molecular weight is 366 g/mol. The number of benzene rings is 1. The summed E-state index contributed by atoms with van der Waals surface area (Å²) in [5.74, 6) is 1.67. The Kier molecular flexibility index (Phi) is 4.12.